The first-order valence-electron chi connectivity index (χ1n) is 7.52. The van der Waals surface area contributed by atoms with E-state index in [1.54, 1.807) is 12.1 Å². The van der Waals surface area contributed by atoms with E-state index in [0.717, 1.165) is 18.9 Å². The largest absolute Gasteiger partial charge is 0.489 e. The summed E-state index contributed by atoms with van der Waals surface area (Å²) in [6.07, 6.45) is 0.902. The molecule has 0 saturated carbocycles. The Morgan fingerprint density at radius 3 is 2.64 bits per heavy atom. The summed E-state index contributed by atoms with van der Waals surface area (Å²) in [5.74, 6) is 1.01. The second-order valence-electron chi connectivity index (χ2n) is 5.06. The van der Waals surface area contributed by atoms with Gasteiger partial charge in [0.05, 0.1) is 6.54 Å². The molecule has 0 bridgehead atoms. The van der Waals surface area contributed by atoms with Crippen LogP contribution in [0.1, 0.15) is 34.1 Å². The Balaban J connectivity index is 0.00000441. The Hall–Kier alpha value is -1.05. The van der Waals surface area contributed by atoms with Crippen LogP contribution in [0.25, 0.3) is 0 Å². The fraction of sp³-hybridized carbons (Fsp3) is 0.562. The highest BCUT2D eigenvalue weighted by Crippen LogP contribution is 2.13. The van der Waals surface area contributed by atoms with Gasteiger partial charge in [0.25, 0.3) is 0 Å². The van der Waals surface area contributed by atoms with Gasteiger partial charge in [0.1, 0.15) is 17.7 Å². The Labute approximate surface area is 149 Å². The van der Waals surface area contributed by atoms with Crippen molar-refractivity contribution >= 4 is 29.9 Å². The summed E-state index contributed by atoms with van der Waals surface area (Å²) in [4.78, 5) is 4.50. The zero-order chi connectivity index (χ0) is 15.7. The van der Waals surface area contributed by atoms with E-state index < -0.39 is 0 Å². The van der Waals surface area contributed by atoms with Crippen LogP contribution in [0, 0.1) is 5.82 Å². The van der Waals surface area contributed by atoms with Gasteiger partial charge < -0.3 is 15.4 Å². The molecule has 0 radical (unpaired) electrons. The quantitative estimate of drug-likeness (QED) is 0.401. The summed E-state index contributed by atoms with van der Waals surface area (Å²) in [7, 11) is 0. The van der Waals surface area contributed by atoms with Crippen LogP contribution in [0.5, 0.6) is 5.75 Å². The molecule has 0 aliphatic heterocycles. The third-order valence-corrected chi connectivity index (χ3v) is 2.98. The zero-order valence-electron chi connectivity index (χ0n) is 13.7. The van der Waals surface area contributed by atoms with Gasteiger partial charge in [0.15, 0.2) is 5.96 Å². The van der Waals surface area contributed by atoms with Crippen LogP contribution >= 0.6 is 24.0 Å². The maximum absolute atomic E-state index is 13.1. The van der Waals surface area contributed by atoms with E-state index >= 15 is 0 Å². The lowest BCUT2D eigenvalue weighted by Gasteiger charge is -2.18. The SMILES string of the molecule is CCNC(=NCC(C)Oc1cccc(F)c1)NC(C)CC.I. The average molecular weight is 423 g/mol. The normalized spacial score (nSPS) is 13.8. The van der Waals surface area contributed by atoms with Gasteiger partial charge >= 0.3 is 0 Å². The number of hydrogen-bond acceptors (Lipinski definition) is 2. The van der Waals surface area contributed by atoms with Crippen molar-refractivity contribution in [2.75, 3.05) is 13.1 Å². The first-order chi connectivity index (χ1) is 10.0. The maximum atomic E-state index is 13.1. The number of nitrogens with one attached hydrogen (secondary N) is 2. The third kappa shape index (κ3) is 8.41. The summed E-state index contributed by atoms with van der Waals surface area (Å²) in [6.45, 7) is 9.49. The molecule has 1 rings (SSSR count). The summed E-state index contributed by atoms with van der Waals surface area (Å²) < 4.78 is 18.7. The molecule has 0 fully saturated rings. The van der Waals surface area contributed by atoms with Crippen molar-refractivity contribution in [3.63, 3.8) is 0 Å². The number of halogens is 2. The van der Waals surface area contributed by atoms with Gasteiger partial charge in [-0.3, -0.25) is 0 Å². The van der Waals surface area contributed by atoms with Crippen molar-refractivity contribution in [3.8, 4) is 5.75 Å². The lowest BCUT2D eigenvalue weighted by Crippen LogP contribution is -2.42. The van der Waals surface area contributed by atoms with Gasteiger partial charge in [-0.15, -0.1) is 24.0 Å². The standard InChI is InChI=1S/C16H26FN3O.HI/c1-5-12(3)20-16(18-6-2)19-11-13(4)21-15-9-7-8-14(17)10-15;/h7-10,12-13H,5-6,11H2,1-4H3,(H2,18,19,20);1H. The second-order valence-corrected chi connectivity index (χ2v) is 5.06. The number of ether oxygens (including phenoxy) is 1. The minimum Gasteiger partial charge on any atom is -0.489 e. The maximum Gasteiger partial charge on any atom is 0.191 e. The van der Waals surface area contributed by atoms with E-state index in [0.29, 0.717) is 18.3 Å². The summed E-state index contributed by atoms with van der Waals surface area (Å²) in [5.41, 5.74) is 0. The molecular formula is C16H27FIN3O. The van der Waals surface area contributed by atoms with E-state index in [9.17, 15) is 4.39 Å². The van der Waals surface area contributed by atoms with Crippen LogP contribution in [0.4, 0.5) is 4.39 Å². The van der Waals surface area contributed by atoms with Crippen molar-refractivity contribution in [2.45, 2.75) is 46.3 Å². The average Bonchev–Trinajstić information content (AvgIpc) is 2.45. The predicted octanol–water partition coefficient (Wildman–Crippen LogP) is 3.56. The zero-order valence-corrected chi connectivity index (χ0v) is 16.1. The Morgan fingerprint density at radius 2 is 2.05 bits per heavy atom. The Morgan fingerprint density at radius 1 is 1.32 bits per heavy atom. The smallest absolute Gasteiger partial charge is 0.191 e. The molecule has 0 amide bonds. The predicted molar refractivity (Wildman–Crippen MR) is 101 cm³/mol. The van der Waals surface area contributed by atoms with Gasteiger partial charge in [-0.05, 0) is 39.3 Å². The molecule has 0 spiro atoms. The van der Waals surface area contributed by atoms with Crippen LogP contribution in [0.15, 0.2) is 29.3 Å². The fourth-order valence-corrected chi connectivity index (χ4v) is 1.69. The van der Waals surface area contributed by atoms with E-state index in [4.69, 9.17) is 4.74 Å². The summed E-state index contributed by atoms with van der Waals surface area (Å²) >= 11 is 0. The minimum absolute atomic E-state index is 0. The number of benzene rings is 1. The van der Waals surface area contributed by atoms with Gasteiger partial charge in [-0.25, -0.2) is 9.38 Å². The minimum atomic E-state index is -0.296. The molecule has 0 heterocycles. The third-order valence-electron chi connectivity index (χ3n) is 2.98. The fourth-order valence-electron chi connectivity index (χ4n) is 1.69. The lowest BCUT2D eigenvalue weighted by molar-refractivity contribution is 0.229. The summed E-state index contributed by atoms with van der Waals surface area (Å²) in [5, 5.41) is 6.52. The number of nitrogens with zero attached hydrogens (tertiary/aromatic N) is 1. The van der Waals surface area contributed by atoms with Crippen molar-refractivity contribution in [1.29, 1.82) is 0 Å². The number of rotatable bonds is 7. The number of aliphatic imine (C=N–C) groups is 1. The molecule has 0 saturated heterocycles. The molecule has 22 heavy (non-hydrogen) atoms. The molecule has 2 unspecified atom stereocenters. The lowest BCUT2D eigenvalue weighted by atomic mass is 10.3. The Bertz CT molecular complexity index is 457. The molecule has 1 aromatic rings. The first kappa shape index (κ1) is 20.9. The van der Waals surface area contributed by atoms with Gasteiger partial charge in [0.2, 0.25) is 0 Å². The highest BCUT2D eigenvalue weighted by atomic mass is 127. The van der Waals surface area contributed by atoms with Crippen molar-refractivity contribution in [1.82, 2.24) is 10.6 Å². The molecule has 0 aliphatic rings. The second kappa shape index (κ2) is 11.5. The molecule has 0 aliphatic carbocycles. The van der Waals surface area contributed by atoms with Crippen molar-refractivity contribution in [2.24, 2.45) is 4.99 Å². The van der Waals surface area contributed by atoms with Crippen LogP contribution in [0.3, 0.4) is 0 Å². The highest BCUT2D eigenvalue weighted by Gasteiger charge is 2.06. The molecule has 2 atom stereocenters. The van der Waals surface area contributed by atoms with Gasteiger partial charge in [-0.1, -0.05) is 13.0 Å². The topological polar surface area (TPSA) is 45.7 Å². The van der Waals surface area contributed by atoms with Crippen molar-refractivity contribution < 1.29 is 9.13 Å². The first-order valence-corrected chi connectivity index (χ1v) is 7.52. The monoisotopic (exact) mass is 423 g/mol. The van der Waals surface area contributed by atoms with E-state index in [1.807, 2.05) is 13.8 Å². The molecule has 1 aromatic carbocycles. The van der Waals surface area contributed by atoms with Crippen LogP contribution in [-0.4, -0.2) is 31.2 Å². The van der Waals surface area contributed by atoms with Crippen LogP contribution in [-0.2, 0) is 0 Å². The molecular weight excluding hydrogens is 396 g/mol. The molecule has 0 aromatic heterocycles. The van der Waals surface area contributed by atoms with E-state index in [2.05, 4.69) is 29.5 Å². The summed E-state index contributed by atoms with van der Waals surface area (Å²) in [6, 6.07) is 6.51. The number of guanidine groups is 1. The van der Waals surface area contributed by atoms with Gasteiger partial charge in [-0.2, -0.15) is 0 Å². The van der Waals surface area contributed by atoms with Gasteiger partial charge in [0, 0.05) is 18.7 Å². The molecule has 2 N–H and O–H groups in total. The molecule has 4 nitrogen and oxygen atoms in total. The highest BCUT2D eigenvalue weighted by molar-refractivity contribution is 14.0. The molecule has 6 heteroatoms. The van der Waals surface area contributed by atoms with E-state index in [1.165, 1.54) is 12.1 Å². The molecule has 126 valence electrons. The Kier molecular flexibility index (Phi) is 11.0. The number of hydrogen-bond donors (Lipinski definition) is 2. The van der Waals surface area contributed by atoms with Crippen molar-refractivity contribution in [3.05, 3.63) is 30.1 Å². The van der Waals surface area contributed by atoms with Crippen LogP contribution in [0.2, 0.25) is 0 Å². The van der Waals surface area contributed by atoms with Crippen LogP contribution < -0.4 is 15.4 Å². The van der Waals surface area contributed by atoms with E-state index in [-0.39, 0.29) is 35.9 Å².